The van der Waals surface area contributed by atoms with Crippen molar-refractivity contribution < 1.29 is 4.79 Å². The summed E-state index contributed by atoms with van der Waals surface area (Å²) in [6, 6.07) is 0.772. The van der Waals surface area contributed by atoms with E-state index in [1.165, 1.54) is 12.8 Å². The Morgan fingerprint density at radius 1 is 1.44 bits per heavy atom. The zero-order chi connectivity index (χ0) is 13.3. The van der Waals surface area contributed by atoms with Gasteiger partial charge in [0.2, 0.25) is 5.91 Å². The van der Waals surface area contributed by atoms with Crippen molar-refractivity contribution in [1.82, 2.24) is 15.1 Å². The van der Waals surface area contributed by atoms with Crippen LogP contribution < -0.4 is 5.32 Å². The summed E-state index contributed by atoms with van der Waals surface area (Å²) in [7, 11) is 2.17. The second-order valence-corrected chi connectivity index (χ2v) is 5.96. The first kappa shape index (κ1) is 13.8. The predicted molar refractivity (Wildman–Crippen MR) is 73.3 cm³/mol. The van der Waals surface area contributed by atoms with E-state index < -0.39 is 0 Å². The SMILES string of the molecule is CCC1NC(C)(CC)C(=O)N1CCN(C)C1CC1. The van der Waals surface area contributed by atoms with Crippen LogP contribution in [0, 0.1) is 0 Å². The molecule has 18 heavy (non-hydrogen) atoms. The molecule has 2 fully saturated rings. The summed E-state index contributed by atoms with van der Waals surface area (Å²) in [4.78, 5) is 16.9. The molecule has 1 amide bonds. The van der Waals surface area contributed by atoms with Gasteiger partial charge in [0.1, 0.15) is 0 Å². The second kappa shape index (κ2) is 5.17. The van der Waals surface area contributed by atoms with Crippen LogP contribution in [0.3, 0.4) is 0 Å². The molecule has 0 spiro atoms. The number of amides is 1. The van der Waals surface area contributed by atoms with Crippen LogP contribution in [0.2, 0.25) is 0 Å². The maximum absolute atomic E-state index is 12.5. The minimum atomic E-state index is -0.348. The van der Waals surface area contributed by atoms with Gasteiger partial charge in [0.15, 0.2) is 0 Å². The third-order valence-corrected chi connectivity index (χ3v) is 4.55. The Hall–Kier alpha value is -0.610. The van der Waals surface area contributed by atoms with E-state index in [4.69, 9.17) is 0 Å². The Morgan fingerprint density at radius 3 is 2.61 bits per heavy atom. The lowest BCUT2D eigenvalue weighted by molar-refractivity contribution is -0.133. The van der Waals surface area contributed by atoms with Gasteiger partial charge in [-0.3, -0.25) is 10.1 Å². The van der Waals surface area contributed by atoms with Crippen molar-refractivity contribution in [3.8, 4) is 0 Å². The Labute approximate surface area is 111 Å². The Bertz CT molecular complexity index is 316. The van der Waals surface area contributed by atoms with E-state index in [0.29, 0.717) is 0 Å². The lowest BCUT2D eigenvalue weighted by atomic mass is 9.99. The molecule has 1 heterocycles. The van der Waals surface area contributed by atoms with Crippen molar-refractivity contribution in [2.45, 2.75) is 64.2 Å². The van der Waals surface area contributed by atoms with Crippen molar-refractivity contribution in [2.75, 3.05) is 20.1 Å². The average Bonchev–Trinajstić information content (AvgIpc) is 3.17. The summed E-state index contributed by atoms with van der Waals surface area (Å²) in [6.45, 7) is 8.10. The van der Waals surface area contributed by atoms with Crippen LogP contribution in [-0.2, 0) is 4.79 Å². The minimum Gasteiger partial charge on any atom is -0.324 e. The van der Waals surface area contributed by atoms with Gasteiger partial charge in [-0.15, -0.1) is 0 Å². The van der Waals surface area contributed by atoms with E-state index in [0.717, 1.165) is 32.0 Å². The molecule has 104 valence electrons. The molecule has 1 aliphatic heterocycles. The summed E-state index contributed by atoms with van der Waals surface area (Å²) in [5.41, 5.74) is -0.348. The number of nitrogens with zero attached hydrogens (tertiary/aromatic N) is 2. The summed E-state index contributed by atoms with van der Waals surface area (Å²) >= 11 is 0. The van der Waals surface area contributed by atoms with Crippen molar-refractivity contribution >= 4 is 5.91 Å². The van der Waals surface area contributed by atoms with Crippen molar-refractivity contribution in [1.29, 1.82) is 0 Å². The van der Waals surface area contributed by atoms with Gasteiger partial charge in [-0.05, 0) is 39.7 Å². The number of hydrogen-bond acceptors (Lipinski definition) is 3. The summed E-state index contributed by atoms with van der Waals surface area (Å²) in [6.07, 6.45) is 4.71. The molecule has 2 unspecified atom stereocenters. The number of nitrogens with one attached hydrogen (secondary N) is 1. The molecule has 0 radical (unpaired) electrons. The molecule has 0 aromatic rings. The Kier molecular flexibility index (Phi) is 3.97. The largest absolute Gasteiger partial charge is 0.324 e. The van der Waals surface area contributed by atoms with Crippen LogP contribution in [0.4, 0.5) is 0 Å². The molecule has 2 rings (SSSR count). The molecule has 0 bridgehead atoms. The van der Waals surface area contributed by atoms with Gasteiger partial charge in [0.05, 0.1) is 11.7 Å². The third kappa shape index (κ3) is 2.54. The monoisotopic (exact) mass is 253 g/mol. The molecule has 4 nitrogen and oxygen atoms in total. The Balaban J connectivity index is 1.94. The van der Waals surface area contributed by atoms with Crippen LogP contribution in [0.1, 0.15) is 46.5 Å². The van der Waals surface area contributed by atoms with Crippen LogP contribution in [-0.4, -0.2) is 53.6 Å². The average molecular weight is 253 g/mol. The number of rotatable bonds is 6. The lowest BCUT2D eigenvalue weighted by Gasteiger charge is -2.26. The van der Waals surface area contributed by atoms with E-state index in [2.05, 4.69) is 31.1 Å². The normalized spacial score (nSPS) is 32.6. The predicted octanol–water partition coefficient (Wildman–Crippen LogP) is 1.42. The molecule has 1 N–H and O–H groups in total. The number of carbonyl (C=O) groups excluding carboxylic acids is 1. The topological polar surface area (TPSA) is 35.6 Å². The molecule has 4 heteroatoms. The van der Waals surface area contributed by atoms with Crippen LogP contribution in [0.15, 0.2) is 0 Å². The van der Waals surface area contributed by atoms with Gasteiger partial charge in [-0.2, -0.15) is 0 Å². The maximum atomic E-state index is 12.5. The summed E-state index contributed by atoms with van der Waals surface area (Å²) in [5, 5.41) is 3.49. The molecular formula is C14H27N3O. The van der Waals surface area contributed by atoms with Crippen LogP contribution >= 0.6 is 0 Å². The third-order valence-electron chi connectivity index (χ3n) is 4.55. The number of carbonyl (C=O) groups is 1. The number of likely N-dealkylation sites (N-methyl/N-ethyl adjacent to an activating group) is 1. The van der Waals surface area contributed by atoms with Gasteiger partial charge in [-0.1, -0.05) is 13.8 Å². The van der Waals surface area contributed by atoms with Gasteiger partial charge in [0, 0.05) is 19.1 Å². The molecule has 1 saturated carbocycles. The molecule has 2 atom stereocenters. The van der Waals surface area contributed by atoms with Gasteiger partial charge in [-0.25, -0.2) is 0 Å². The smallest absolute Gasteiger partial charge is 0.243 e. The zero-order valence-corrected chi connectivity index (χ0v) is 12.2. The standard InChI is InChI=1S/C14H27N3O/c1-5-12-15-14(3,6-2)13(18)17(12)10-9-16(4)11-7-8-11/h11-12,15H,5-10H2,1-4H3. The molecule has 0 aromatic heterocycles. The first-order valence-corrected chi connectivity index (χ1v) is 7.30. The van der Waals surface area contributed by atoms with E-state index >= 15 is 0 Å². The quantitative estimate of drug-likeness (QED) is 0.777. The first-order chi connectivity index (χ1) is 8.51. The van der Waals surface area contributed by atoms with Gasteiger partial charge >= 0.3 is 0 Å². The fraction of sp³-hybridized carbons (Fsp3) is 0.929. The summed E-state index contributed by atoms with van der Waals surface area (Å²) in [5.74, 6) is 0.279. The van der Waals surface area contributed by atoms with Crippen LogP contribution in [0.25, 0.3) is 0 Å². The second-order valence-electron chi connectivity index (χ2n) is 5.96. The lowest BCUT2D eigenvalue weighted by Crippen LogP contribution is -2.43. The van der Waals surface area contributed by atoms with Crippen molar-refractivity contribution in [2.24, 2.45) is 0 Å². The fourth-order valence-electron chi connectivity index (χ4n) is 2.76. The zero-order valence-electron chi connectivity index (χ0n) is 12.2. The molecule has 1 aliphatic carbocycles. The van der Waals surface area contributed by atoms with Crippen LogP contribution in [0.5, 0.6) is 0 Å². The highest BCUT2D eigenvalue weighted by Gasteiger charge is 2.45. The highest BCUT2D eigenvalue weighted by molar-refractivity contribution is 5.88. The minimum absolute atomic E-state index is 0.218. The van der Waals surface area contributed by atoms with Crippen molar-refractivity contribution in [3.63, 3.8) is 0 Å². The van der Waals surface area contributed by atoms with E-state index in [9.17, 15) is 4.79 Å². The highest BCUT2D eigenvalue weighted by atomic mass is 16.2. The van der Waals surface area contributed by atoms with Crippen molar-refractivity contribution in [3.05, 3.63) is 0 Å². The Morgan fingerprint density at radius 2 is 2.11 bits per heavy atom. The van der Waals surface area contributed by atoms with E-state index in [-0.39, 0.29) is 17.6 Å². The molecule has 2 aliphatic rings. The maximum Gasteiger partial charge on any atom is 0.243 e. The van der Waals surface area contributed by atoms with Gasteiger partial charge in [0.25, 0.3) is 0 Å². The molecular weight excluding hydrogens is 226 g/mol. The molecule has 1 saturated heterocycles. The van der Waals surface area contributed by atoms with E-state index in [1.54, 1.807) is 0 Å². The van der Waals surface area contributed by atoms with E-state index in [1.807, 2.05) is 11.8 Å². The molecule has 0 aromatic carbocycles. The highest BCUT2D eigenvalue weighted by Crippen LogP contribution is 2.27. The fourth-order valence-corrected chi connectivity index (χ4v) is 2.76. The van der Waals surface area contributed by atoms with Gasteiger partial charge < -0.3 is 9.80 Å². The first-order valence-electron chi connectivity index (χ1n) is 7.30. The number of hydrogen-bond donors (Lipinski definition) is 1. The summed E-state index contributed by atoms with van der Waals surface area (Å²) < 4.78 is 0.